The highest BCUT2D eigenvalue weighted by Gasteiger charge is 2.11. The molecule has 3 aromatic carbocycles. The number of hydrogen-bond acceptors (Lipinski definition) is 4. The first-order valence-electron chi connectivity index (χ1n) is 11.4. The van der Waals surface area contributed by atoms with Crippen LogP contribution in [0, 0.1) is 6.92 Å². The molecule has 0 aliphatic carbocycles. The molecule has 1 heterocycles. The molecule has 0 fully saturated rings. The highest BCUT2D eigenvalue weighted by Crippen LogP contribution is 2.33. The number of halogens is 2. The molecule has 0 radical (unpaired) electrons. The first-order valence-corrected chi connectivity index (χ1v) is 13.0. The summed E-state index contributed by atoms with van der Waals surface area (Å²) in [6, 6.07) is 15.9. The molecular formula is C27H26Br2N4O2. The van der Waals surface area contributed by atoms with Gasteiger partial charge in [-0.15, -0.1) is 10.2 Å². The van der Waals surface area contributed by atoms with Gasteiger partial charge in [0.2, 0.25) is 5.91 Å². The van der Waals surface area contributed by atoms with Crippen molar-refractivity contribution >= 4 is 60.6 Å². The molecule has 0 bridgehead atoms. The molecule has 8 heteroatoms. The van der Waals surface area contributed by atoms with Gasteiger partial charge in [0.25, 0.3) is 0 Å². The van der Waals surface area contributed by atoms with Gasteiger partial charge in [-0.2, -0.15) is 4.80 Å². The molecule has 0 aliphatic heterocycles. The predicted molar refractivity (Wildman–Crippen MR) is 148 cm³/mol. The van der Waals surface area contributed by atoms with Crippen LogP contribution in [0.4, 0.5) is 5.69 Å². The predicted octanol–water partition coefficient (Wildman–Crippen LogP) is 7.26. The van der Waals surface area contributed by atoms with Crippen molar-refractivity contribution in [1.29, 1.82) is 0 Å². The molecule has 0 unspecified atom stereocenters. The Bertz CT molecular complexity index is 1390. The maximum absolute atomic E-state index is 12.7. The highest BCUT2D eigenvalue weighted by atomic mass is 79.9. The lowest BCUT2D eigenvalue weighted by Crippen LogP contribution is -2.09. The van der Waals surface area contributed by atoms with Crippen molar-refractivity contribution in [3.05, 3.63) is 80.2 Å². The minimum atomic E-state index is -0.249. The number of hydrogen-bond donors (Lipinski definition) is 1. The van der Waals surface area contributed by atoms with Gasteiger partial charge in [0.05, 0.1) is 17.3 Å². The summed E-state index contributed by atoms with van der Waals surface area (Å²) in [6.45, 7) is 4.13. The van der Waals surface area contributed by atoms with E-state index in [0.717, 1.165) is 37.7 Å². The van der Waals surface area contributed by atoms with Gasteiger partial charge in [-0.1, -0.05) is 41.4 Å². The number of rotatable bonds is 8. The fourth-order valence-electron chi connectivity index (χ4n) is 3.75. The Labute approximate surface area is 221 Å². The largest absolute Gasteiger partial charge is 0.495 e. The van der Waals surface area contributed by atoms with E-state index in [0.29, 0.717) is 17.0 Å². The quantitative estimate of drug-likeness (QED) is 0.217. The number of nitrogens with zero attached hydrogens (tertiary/aromatic N) is 3. The van der Waals surface area contributed by atoms with Crippen LogP contribution in [0.15, 0.2) is 63.6 Å². The molecule has 0 saturated heterocycles. The van der Waals surface area contributed by atoms with Crippen LogP contribution in [0.3, 0.4) is 0 Å². The number of anilines is 1. The van der Waals surface area contributed by atoms with Gasteiger partial charge in [0.15, 0.2) is 0 Å². The number of benzene rings is 3. The molecule has 1 N–H and O–H groups in total. The summed E-state index contributed by atoms with van der Waals surface area (Å²) < 4.78 is 7.12. The molecular weight excluding hydrogens is 572 g/mol. The normalized spacial score (nSPS) is 11.3. The first-order chi connectivity index (χ1) is 16.9. The van der Waals surface area contributed by atoms with E-state index in [4.69, 9.17) is 4.74 Å². The Balaban J connectivity index is 1.53. The fourth-order valence-corrected chi connectivity index (χ4v) is 5.17. The van der Waals surface area contributed by atoms with Gasteiger partial charge < -0.3 is 10.1 Å². The Morgan fingerprint density at radius 2 is 1.80 bits per heavy atom. The lowest BCUT2D eigenvalue weighted by Gasteiger charge is -2.09. The van der Waals surface area contributed by atoms with Crippen LogP contribution in [0.1, 0.15) is 36.5 Å². The standard InChI is InChI=1S/C27H26Br2N4O2/c1-4-5-6-18-7-10-21(11-8-18)33-31-24-13-17(2)23(16-25(24)32-33)30-26(34)12-9-19-14-20(28)15-22(29)27(19)35-3/h7-16H,4-6H2,1-3H3,(H,30,34). The number of carbonyl (C=O) groups is 1. The molecule has 0 saturated carbocycles. The number of amides is 1. The average molecular weight is 598 g/mol. The van der Waals surface area contributed by atoms with Gasteiger partial charge >= 0.3 is 0 Å². The number of carbonyl (C=O) groups excluding carboxylic acids is 1. The van der Waals surface area contributed by atoms with E-state index in [1.807, 2.05) is 43.3 Å². The topological polar surface area (TPSA) is 69.0 Å². The van der Waals surface area contributed by atoms with Gasteiger partial charge in [-0.25, -0.2) is 0 Å². The maximum Gasteiger partial charge on any atom is 0.248 e. The summed E-state index contributed by atoms with van der Waals surface area (Å²) in [5, 5.41) is 12.2. The van der Waals surface area contributed by atoms with Crippen LogP contribution < -0.4 is 10.1 Å². The van der Waals surface area contributed by atoms with E-state index >= 15 is 0 Å². The molecule has 6 nitrogen and oxygen atoms in total. The van der Waals surface area contributed by atoms with Gasteiger partial charge in [0, 0.05) is 21.8 Å². The number of aryl methyl sites for hydroxylation is 2. The van der Waals surface area contributed by atoms with Crippen molar-refractivity contribution in [2.24, 2.45) is 0 Å². The van der Waals surface area contributed by atoms with E-state index in [1.54, 1.807) is 18.0 Å². The minimum absolute atomic E-state index is 0.249. The van der Waals surface area contributed by atoms with Crippen molar-refractivity contribution in [2.45, 2.75) is 33.1 Å². The number of fused-ring (bicyclic) bond motifs is 1. The molecule has 4 rings (SSSR count). The third kappa shape index (κ3) is 6.00. The number of ether oxygens (including phenoxy) is 1. The fraction of sp³-hybridized carbons (Fsp3) is 0.222. The summed E-state index contributed by atoms with van der Waals surface area (Å²) in [6.07, 6.45) is 6.64. The van der Waals surface area contributed by atoms with Crippen LogP contribution in [0.25, 0.3) is 22.8 Å². The number of unbranched alkanes of at least 4 members (excludes halogenated alkanes) is 1. The zero-order valence-corrected chi connectivity index (χ0v) is 23.0. The molecule has 1 amide bonds. The van der Waals surface area contributed by atoms with E-state index < -0.39 is 0 Å². The van der Waals surface area contributed by atoms with Crippen LogP contribution in [0.5, 0.6) is 5.75 Å². The summed E-state index contributed by atoms with van der Waals surface area (Å²) in [5.74, 6) is 0.408. The lowest BCUT2D eigenvalue weighted by molar-refractivity contribution is -0.111. The number of aromatic nitrogens is 3. The summed E-state index contributed by atoms with van der Waals surface area (Å²) >= 11 is 6.95. The zero-order chi connectivity index (χ0) is 24.9. The van der Waals surface area contributed by atoms with Crippen LogP contribution in [-0.2, 0) is 11.2 Å². The zero-order valence-electron chi connectivity index (χ0n) is 19.8. The van der Waals surface area contributed by atoms with Gasteiger partial charge in [-0.05, 0) is 89.3 Å². The van der Waals surface area contributed by atoms with E-state index in [1.165, 1.54) is 24.5 Å². The second-order valence-electron chi connectivity index (χ2n) is 8.25. The molecule has 35 heavy (non-hydrogen) atoms. The molecule has 180 valence electrons. The number of methoxy groups -OCH3 is 1. The smallest absolute Gasteiger partial charge is 0.248 e. The molecule has 0 atom stereocenters. The van der Waals surface area contributed by atoms with Crippen molar-refractivity contribution in [3.63, 3.8) is 0 Å². The minimum Gasteiger partial charge on any atom is -0.495 e. The Morgan fingerprint density at radius 1 is 1.09 bits per heavy atom. The highest BCUT2D eigenvalue weighted by molar-refractivity contribution is 9.11. The molecule has 4 aromatic rings. The second-order valence-corrected chi connectivity index (χ2v) is 10.0. The third-order valence-corrected chi connectivity index (χ3v) is 6.67. The number of nitrogens with one attached hydrogen (secondary N) is 1. The monoisotopic (exact) mass is 596 g/mol. The second kappa shape index (κ2) is 11.2. The van der Waals surface area contributed by atoms with Crippen LogP contribution >= 0.6 is 31.9 Å². The van der Waals surface area contributed by atoms with Crippen molar-refractivity contribution in [1.82, 2.24) is 15.0 Å². The van der Waals surface area contributed by atoms with Crippen LogP contribution in [-0.4, -0.2) is 28.0 Å². The van der Waals surface area contributed by atoms with Gasteiger partial charge in [-0.3, -0.25) is 4.79 Å². The molecule has 0 aliphatic rings. The molecule has 1 aromatic heterocycles. The first kappa shape index (κ1) is 25.1. The summed E-state index contributed by atoms with van der Waals surface area (Å²) in [4.78, 5) is 14.3. The Morgan fingerprint density at radius 3 is 2.49 bits per heavy atom. The SMILES string of the molecule is CCCCc1ccc(-n2nc3cc(C)c(NC(=O)C=Cc4cc(Br)cc(Br)c4OC)cc3n2)cc1. The Hall–Kier alpha value is -2.97. The van der Waals surface area contributed by atoms with Crippen molar-refractivity contribution in [2.75, 3.05) is 12.4 Å². The lowest BCUT2D eigenvalue weighted by atomic mass is 10.1. The third-order valence-electron chi connectivity index (χ3n) is 5.63. The maximum atomic E-state index is 12.7. The van der Waals surface area contributed by atoms with Crippen molar-refractivity contribution < 1.29 is 9.53 Å². The van der Waals surface area contributed by atoms with Gasteiger partial charge in [0.1, 0.15) is 16.8 Å². The summed E-state index contributed by atoms with van der Waals surface area (Å²) in [5.41, 5.74) is 6.08. The van der Waals surface area contributed by atoms with Crippen LogP contribution in [0.2, 0.25) is 0 Å². The van der Waals surface area contributed by atoms with E-state index in [2.05, 4.69) is 66.4 Å². The average Bonchev–Trinajstić information content (AvgIpc) is 3.24. The Kier molecular flexibility index (Phi) is 8.03. The van der Waals surface area contributed by atoms with Crippen molar-refractivity contribution in [3.8, 4) is 11.4 Å². The van der Waals surface area contributed by atoms with E-state index in [9.17, 15) is 4.79 Å². The summed E-state index contributed by atoms with van der Waals surface area (Å²) in [7, 11) is 1.60. The molecule has 0 spiro atoms. The van der Waals surface area contributed by atoms with E-state index in [-0.39, 0.29) is 5.91 Å².